The van der Waals surface area contributed by atoms with Crippen molar-refractivity contribution in [3.05, 3.63) is 58.4 Å². The van der Waals surface area contributed by atoms with Gasteiger partial charge < -0.3 is 10.3 Å². The van der Waals surface area contributed by atoms with Crippen LogP contribution in [0.15, 0.2) is 36.7 Å². The van der Waals surface area contributed by atoms with E-state index in [-0.39, 0.29) is 5.91 Å². The van der Waals surface area contributed by atoms with Gasteiger partial charge in [-0.2, -0.15) is 0 Å². The van der Waals surface area contributed by atoms with Crippen LogP contribution in [0.1, 0.15) is 23.1 Å². The molecule has 2 rings (SSSR count). The topological polar surface area (TPSA) is 44.9 Å². The number of aromatic amines is 1. The molecule has 2 N–H and O–H groups in total. The molecule has 0 aliphatic rings. The molecular weight excluding hydrogens is 260 g/mol. The molecular formula is C15H17ClN2O. The van der Waals surface area contributed by atoms with Gasteiger partial charge in [0.25, 0.3) is 0 Å². The molecule has 0 spiro atoms. The SMILES string of the molecule is Cc1ccc(CCC(=O)NCc2cc[nH]c2)cc1Cl. The molecule has 0 aliphatic carbocycles. The minimum Gasteiger partial charge on any atom is -0.367 e. The third-order valence-electron chi connectivity index (χ3n) is 3.03. The minimum absolute atomic E-state index is 0.0536. The number of H-pyrrole nitrogens is 1. The Morgan fingerprint density at radius 3 is 2.84 bits per heavy atom. The van der Waals surface area contributed by atoms with Gasteiger partial charge in [0.1, 0.15) is 0 Å². The first-order chi connectivity index (χ1) is 9.15. The Morgan fingerprint density at radius 2 is 2.16 bits per heavy atom. The van der Waals surface area contributed by atoms with Crippen molar-refractivity contribution in [2.75, 3.05) is 0 Å². The van der Waals surface area contributed by atoms with E-state index in [1.54, 1.807) is 0 Å². The van der Waals surface area contributed by atoms with Crippen LogP contribution < -0.4 is 5.32 Å². The number of carbonyl (C=O) groups excluding carboxylic acids is 1. The van der Waals surface area contributed by atoms with Gasteiger partial charge in [-0.15, -0.1) is 0 Å². The third kappa shape index (κ3) is 4.14. The Morgan fingerprint density at radius 1 is 1.32 bits per heavy atom. The van der Waals surface area contributed by atoms with Crippen LogP contribution in [-0.4, -0.2) is 10.9 Å². The summed E-state index contributed by atoms with van der Waals surface area (Å²) in [5.74, 6) is 0.0536. The lowest BCUT2D eigenvalue weighted by Crippen LogP contribution is -2.22. The van der Waals surface area contributed by atoms with Crippen LogP contribution in [0.2, 0.25) is 5.02 Å². The van der Waals surface area contributed by atoms with Crippen molar-refractivity contribution in [2.24, 2.45) is 0 Å². The lowest BCUT2D eigenvalue weighted by molar-refractivity contribution is -0.121. The van der Waals surface area contributed by atoms with Crippen LogP contribution in [0.5, 0.6) is 0 Å². The highest BCUT2D eigenvalue weighted by Crippen LogP contribution is 2.17. The Bertz CT molecular complexity index is 549. The van der Waals surface area contributed by atoms with Gasteiger partial charge in [0.15, 0.2) is 0 Å². The van der Waals surface area contributed by atoms with Crippen molar-refractivity contribution >= 4 is 17.5 Å². The van der Waals surface area contributed by atoms with Gasteiger partial charge in [0.2, 0.25) is 5.91 Å². The Kier molecular flexibility index (Phi) is 4.63. The van der Waals surface area contributed by atoms with E-state index in [1.807, 2.05) is 43.6 Å². The number of benzene rings is 1. The van der Waals surface area contributed by atoms with Crippen molar-refractivity contribution in [3.8, 4) is 0 Å². The molecule has 0 saturated heterocycles. The molecule has 1 heterocycles. The number of carbonyl (C=O) groups is 1. The van der Waals surface area contributed by atoms with Crippen molar-refractivity contribution < 1.29 is 4.79 Å². The lowest BCUT2D eigenvalue weighted by Gasteiger charge is -2.05. The molecule has 1 aromatic carbocycles. The van der Waals surface area contributed by atoms with Gasteiger partial charge in [-0.1, -0.05) is 23.7 Å². The zero-order valence-electron chi connectivity index (χ0n) is 10.9. The Labute approximate surface area is 118 Å². The third-order valence-corrected chi connectivity index (χ3v) is 3.44. The lowest BCUT2D eigenvalue weighted by atomic mass is 10.1. The second-order valence-electron chi connectivity index (χ2n) is 4.58. The maximum absolute atomic E-state index is 11.7. The van der Waals surface area contributed by atoms with Gasteiger partial charge in [0.05, 0.1) is 0 Å². The van der Waals surface area contributed by atoms with Gasteiger partial charge >= 0.3 is 0 Å². The summed E-state index contributed by atoms with van der Waals surface area (Å²) in [6.45, 7) is 2.53. The van der Waals surface area contributed by atoms with E-state index in [9.17, 15) is 4.79 Å². The van der Waals surface area contributed by atoms with Gasteiger partial charge in [-0.05, 0) is 42.2 Å². The Balaban J connectivity index is 1.78. The standard InChI is InChI=1S/C15H17ClN2O/c1-11-2-3-12(8-14(11)16)4-5-15(19)18-10-13-6-7-17-9-13/h2-3,6-9,17H,4-5,10H2,1H3,(H,18,19). The zero-order chi connectivity index (χ0) is 13.7. The van der Waals surface area contributed by atoms with Gasteiger partial charge in [-0.3, -0.25) is 4.79 Å². The van der Waals surface area contributed by atoms with Crippen molar-refractivity contribution in [1.82, 2.24) is 10.3 Å². The van der Waals surface area contributed by atoms with E-state index in [4.69, 9.17) is 11.6 Å². The predicted octanol–water partition coefficient (Wildman–Crippen LogP) is 3.23. The summed E-state index contributed by atoms with van der Waals surface area (Å²) in [6, 6.07) is 7.87. The number of hydrogen-bond donors (Lipinski definition) is 2. The highest BCUT2D eigenvalue weighted by Gasteiger charge is 2.04. The molecule has 0 aliphatic heterocycles. The van der Waals surface area contributed by atoms with E-state index >= 15 is 0 Å². The monoisotopic (exact) mass is 276 g/mol. The highest BCUT2D eigenvalue weighted by molar-refractivity contribution is 6.31. The number of aromatic nitrogens is 1. The molecule has 0 radical (unpaired) electrons. The number of nitrogens with one attached hydrogen (secondary N) is 2. The summed E-state index contributed by atoms with van der Waals surface area (Å²) in [6.07, 6.45) is 4.90. The van der Waals surface area contributed by atoms with Gasteiger partial charge in [0, 0.05) is 30.4 Å². The molecule has 0 atom stereocenters. The second-order valence-corrected chi connectivity index (χ2v) is 4.99. The Hall–Kier alpha value is -1.74. The molecule has 3 nitrogen and oxygen atoms in total. The molecule has 4 heteroatoms. The first-order valence-corrected chi connectivity index (χ1v) is 6.66. The number of hydrogen-bond acceptors (Lipinski definition) is 1. The van der Waals surface area contributed by atoms with Crippen LogP contribution in [0.4, 0.5) is 0 Å². The molecule has 19 heavy (non-hydrogen) atoms. The fourth-order valence-corrected chi connectivity index (χ4v) is 2.01. The van der Waals surface area contributed by atoms with Crippen molar-refractivity contribution in [1.29, 1.82) is 0 Å². The van der Waals surface area contributed by atoms with E-state index in [0.29, 0.717) is 19.4 Å². The summed E-state index contributed by atoms with van der Waals surface area (Å²) in [5.41, 5.74) is 3.22. The first kappa shape index (κ1) is 13.7. The van der Waals surface area contributed by atoms with Gasteiger partial charge in [-0.25, -0.2) is 0 Å². The molecule has 0 unspecified atom stereocenters. The molecule has 0 saturated carbocycles. The average Bonchev–Trinajstić information content (AvgIpc) is 2.91. The number of rotatable bonds is 5. The zero-order valence-corrected chi connectivity index (χ0v) is 11.6. The first-order valence-electron chi connectivity index (χ1n) is 6.28. The quantitative estimate of drug-likeness (QED) is 0.865. The molecule has 0 bridgehead atoms. The molecule has 1 amide bonds. The van der Waals surface area contributed by atoms with E-state index in [0.717, 1.165) is 21.7 Å². The van der Waals surface area contributed by atoms with Crippen LogP contribution >= 0.6 is 11.6 Å². The number of aryl methyl sites for hydroxylation is 2. The number of amides is 1. The van der Waals surface area contributed by atoms with Crippen LogP contribution in [0.3, 0.4) is 0 Å². The fourth-order valence-electron chi connectivity index (χ4n) is 1.81. The number of halogens is 1. The van der Waals surface area contributed by atoms with Crippen LogP contribution in [0, 0.1) is 6.92 Å². The summed E-state index contributed by atoms with van der Waals surface area (Å²) in [7, 11) is 0. The summed E-state index contributed by atoms with van der Waals surface area (Å²) in [5, 5.41) is 3.64. The largest absolute Gasteiger partial charge is 0.367 e. The summed E-state index contributed by atoms with van der Waals surface area (Å²) >= 11 is 6.05. The summed E-state index contributed by atoms with van der Waals surface area (Å²) in [4.78, 5) is 14.7. The average molecular weight is 277 g/mol. The fraction of sp³-hybridized carbons (Fsp3) is 0.267. The maximum Gasteiger partial charge on any atom is 0.220 e. The molecule has 1 aromatic heterocycles. The maximum atomic E-state index is 11.7. The predicted molar refractivity (Wildman–Crippen MR) is 77.1 cm³/mol. The van der Waals surface area contributed by atoms with E-state index < -0.39 is 0 Å². The molecule has 0 fully saturated rings. The second kappa shape index (κ2) is 6.43. The smallest absolute Gasteiger partial charge is 0.220 e. The van der Waals surface area contributed by atoms with Crippen molar-refractivity contribution in [3.63, 3.8) is 0 Å². The van der Waals surface area contributed by atoms with E-state index in [2.05, 4.69) is 10.3 Å². The van der Waals surface area contributed by atoms with Crippen molar-refractivity contribution in [2.45, 2.75) is 26.3 Å². The van der Waals surface area contributed by atoms with Crippen LogP contribution in [-0.2, 0) is 17.8 Å². The highest BCUT2D eigenvalue weighted by atomic mass is 35.5. The van der Waals surface area contributed by atoms with Crippen LogP contribution in [0.25, 0.3) is 0 Å². The summed E-state index contributed by atoms with van der Waals surface area (Å²) < 4.78 is 0. The van der Waals surface area contributed by atoms with E-state index in [1.165, 1.54) is 0 Å². The molecule has 100 valence electrons. The normalized spacial score (nSPS) is 10.4. The minimum atomic E-state index is 0.0536. The molecule has 2 aromatic rings.